The summed E-state index contributed by atoms with van der Waals surface area (Å²) in [6, 6.07) is 75.3. The first-order valence-electron chi connectivity index (χ1n) is 29.4. The van der Waals surface area contributed by atoms with Gasteiger partial charge in [0.15, 0.2) is 0 Å². The first kappa shape index (κ1) is 56.2. The van der Waals surface area contributed by atoms with Gasteiger partial charge in [0.25, 0.3) is 0 Å². The molecule has 9 aromatic carbocycles. The molecule has 0 atom stereocenters. The van der Waals surface area contributed by atoms with Crippen molar-refractivity contribution >= 4 is 84.9 Å². The van der Waals surface area contributed by atoms with Gasteiger partial charge in [-0.15, -0.1) is 0 Å². The molecule has 418 valence electrons. The highest BCUT2D eigenvalue weighted by Gasteiger charge is 2.23. The maximum absolute atomic E-state index is 6.41. The summed E-state index contributed by atoms with van der Waals surface area (Å²) < 4.78 is 8.77. The van der Waals surface area contributed by atoms with Gasteiger partial charge in [-0.05, 0) is 152 Å². The Morgan fingerprint density at radius 3 is 1.82 bits per heavy atom. The SMILES string of the molecule is C=C/C=C\C=C\c1ccc(-c2ccc(N(C(=C)/C=C\C(=C)c3ccc(C4=Cc5c(n(/C(C=C)=C/C=C)c6ccc(-c7ccc(-c8cccc9c8oc8ccccc89)cc7)cc56)CC4)cc3)c3ccc(/C(C=C)=C/C=C/c4ccccc4)cc3)cc2)cc1. The fourth-order valence-electron chi connectivity index (χ4n) is 11.7. The molecule has 87 heavy (non-hydrogen) atoms. The summed E-state index contributed by atoms with van der Waals surface area (Å²) in [5, 5.41) is 3.45. The molecule has 0 aliphatic heterocycles. The van der Waals surface area contributed by atoms with Gasteiger partial charge in [0, 0.05) is 55.7 Å². The molecule has 0 saturated heterocycles. The number of para-hydroxylation sites is 2. The van der Waals surface area contributed by atoms with Gasteiger partial charge in [0.1, 0.15) is 11.2 Å². The fraction of sp³-hybridized carbons (Fsp3) is 0.0238. The zero-order valence-corrected chi connectivity index (χ0v) is 48.8. The van der Waals surface area contributed by atoms with E-state index in [2.05, 4.69) is 273 Å². The van der Waals surface area contributed by atoms with Crippen LogP contribution in [-0.4, -0.2) is 4.57 Å². The molecule has 3 nitrogen and oxygen atoms in total. The van der Waals surface area contributed by atoms with Crippen LogP contribution in [0.3, 0.4) is 0 Å². The molecule has 1 aliphatic carbocycles. The Labute approximate surface area is 511 Å². The van der Waals surface area contributed by atoms with E-state index in [1.54, 1.807) is 6.08 Å². The third-order valence-electron chi connectivity index (χ3n) is 16.2. The van der Waals surface area contributed by atoms with Crippen molar-refractivity contribution in [2.24, 2.45) is 0 Å². The van der Waals surface area contributed by atoms with Crippen LogP contribution >= 0.6 is 0 Å². The molecule has 2 heterocycles. The number of hydrogen-bond donors (Lipinski definition) is 0. The molecule has 0 fully saturated rings. The Morgan fingerprint density at radius 1 is 0.471 bits per heavy atom. The normalized spacial score (nSPS) is 12.8. The predicted octanol–water partition coefficient (Wildman–Crippen LogP) is 23.2. The van der Waals surface area contributed by atoms with E-state index in [4.69, 9.17) is 4.42 Å². The lowest BCUT2D eigenvalue weighted by atomic mass is 9.90. The number of nitrogens with zero attached hydrogens (tertiary/aromatic N) is 2. The monoisotopic (exact) mass is 1120 g/mol. The van der Waals surface area contributed by atoms with Gasteiger partial charge < -0.3 is 13.9 Å². The standard InChI is InChI=1S/C84H66N2O/c1-7-11-12-14-24-62-33-35-66(36-34-62)67-47-53-75(54-48-67)85(74-51-45-65(46-52-74)63(9-3)26-19-25-61-22-15-13-16-23-61)60(6)32-31-59(5)64-37-39-68(40-38-64)71-49-55-81-79(57-71)80-58-72(50-56-82(80)86(81)73(10-4)21-8-2)69-41-43-70(44-42-69)76-28-20-29-78-77-27-17-18-30-83(77)87-84(76)78/h7-48,50-54,56-58H,1-6,49,55H2/b12-11-,24-14+,25-19+,32-31-,63-26+,73-21+. The van der Waals surface area contributed by atoms with Crippen LogP contribution < -0.4 is 4.90 Å². The zero-order valence-electron chi connectivity index (χ0n) is 48.8. The van der Waals surface area contributed by atoms with Crippen LogP contribution in [0.4, 0.5) is 11.4 Å². The van der Waals surface area contributed by atoms with E-state index >= 15 is 0 Å². The zero-order chi connectivity index (χ0) is 59.6. The highest BCUT2D eigenvalue weighted by atomic mass is 16.3. The summed E-state index contributed by atoms with van der Waals surface area (Å²) in [5.74, 6) is 0. The van der Waals surface area contributed by atoms with Gasteiger partial charge in [0.05, 0.1) is 5.52 Å². The minimum atomic E-state index is 0.794. The third kappa shape index (κ3) is 12.0. The summed E-state index contributed by atoms with van der Waals surface area (Å²) in [6.45, 7) is 25.4. The summed E-state index contributed by atoms with van der Waals surface area (Å²) in [4.78, 5) is 2.19. The van der Waals surface area contributed by atoms with Crippen molar-refractivity contribution in [3.63, 3.8) is 0 Å². The van der Waals surface area contributed by atoms with Crippen LogP contribution in [0.15, 0.2) is 335 Å². The lowest BCUT2D eigenvalue weighted by molar-refractivity contribution is 0.670. The molecular weight excluding hydrogens is 1050 g/mol. The molecule has 0 saturated carbocycles. The topological polar surface area (TPSA) is 21.3 Å². The number of rotatable bonds is 20. The summed E-state index contributed by atoms with van der Waals surface area (Å²) >= 11 is 0. The molecule has 0 radical (unpaired) electrons. The van der Waals surface area contributed by atoms with Crippen molar-refractivity contribution in [2.75, 3.05) is 4.90 Å². The Kier molecular flexibility index (Phi) is 16.6. The average molecular weight is 1120 g/mol. The molecule has 3 heteroatoms. The van der Waals surface area contributed by atoms with Crippen LogP contribution in [0.25, 0.3) is 107 Å². The largest absolute Gasteiger partial charge is 0.455 e. The van der Waals surface area contributed by atoms with Crippen molar-refractivity contribution in [3.8, 4) is 33.4 Å². The average Bonchev–Trinajstić information content (AvgIpc) is 1.81. The Bertz CT molecular complexity index is 4660. The number of fused-ring (bicyclic) bond motifs is 6. The molecule has 0 bridgehead atoms. The Hall–Kier alpha value is -11.3. The van der Waals surface area contributed by atoms with Crippen molar-refractivity contribution in [2.45, 2.75) is 12.8 Å². The second-order valence-corrected chi connectivity index (χ2v) is 21.5. The van der Waals surface area contributed by atoms with Gasteiger partial charge in [-0.1, -0.05) is 276 Å². The van der Waals surface area contributed by atoms with E-state index in [1.165, 1.54) is 27.8 Å². The van der Waals surface area contributed by atoms with E-state index in [0.29, 0.717) is 0 Å². The van der Waals surface area contributed by atoms with Gasteiger partial charge >= 0.3 is 0 Å². The summed E-state index contributed by atoms with van der Waals surface area (Å²) in [6.07, 6.45) is 32.0. The molecule has 0 N–H and O–H groups in total. The van der Waals surface area contributed by atoms with E-state index < -0.39 is 0 Å². The van der Waals surface area contributed by atoms with E-state index in [-0.39, 0.29) is 0 Å². The van der Waals surface area contributed by atoms with Crippen molar-refractivity contribution in [1.29, 1.82) is 0 Å². The molecule has 12 rings (SSSR count). The number of allylic oxidation sites excluding steroid dienone is 16. The molecule has 11 aromatic rings. The summed E-state index contributed by atoms with van der Waals surface area (Å²) in [5.41, 5.74) is 24.7. The second kappa shape index (κ2) is 25.7. The molecule has 0 amide bonds. The van der Waals surface area contributed by atoms with Gasteiger partial charge in [-0.2, -0.15) is 0 Å². The first-order chi connectivity index (χ1) is 42.8. The number of aromatic nitrogens is 1. The maximum Gasteiger partial charge on any atom is 0.143 e. The van der Waals surface area contributed by atoms with Gasteiger partial charge in [0.2, 0.25) is 0 Å². The lowest BCUT2D eigenvalue weighted by Crippen LogP contribution is -2.14. The number of anilines is 2. The van der Waals surface area contributed by atoms with Gasteiger partial charge in [-0.3, -0.25) is 0 Å². The third-order valence-corrected chi connectivity index (χ3v) is 16.2. The minimum Gasteiger partial charge on any atom is -0.455 e. The number of hydrogen-bond acceptors (Lipinski definition) is 2. The number of benzene rings is 9. The molecular formula is C84H66N2O. The lowest BCUT2D eigenvalue weighted by Gasteiger charge is -2.26. The molecule has 0 spiro atoms. The van der Waals surface area contributed by atoms with E-state index in [0.717, 1.165) is 130 Å². The highest BCUT2D eigenvalue weighted by molar-refractivity contribution is 6.10. The molecule has 2 aromatic heterocycles. The van der Waals surface area contributed by atoms with Crippen LogP contribution in [0.2, 0.25) is 0 Å². The van der Waals surface area contributed by atoms with Crippen molar-refractivity contribution < 1.29 is 4.42 Å². The predicted molar refractivity (Wildman–Crippen MR) is 377 cm³/mol. The molecule has 0 unspecified atom stereocenters. The van der Waals surface area contributed by atoms with Crippen LogP contribution in [-0.2, 0) is 6.42 Å². The quantitative estimate of drug-likeness (QED) is 0.0709. The van der Waals surface area contributed by atoms with E-state index in [9.17, 15) is 0 Å². The van der Waals surface area contributed by atoms with Crippen LogP contribution in [0, 0.1) is 0 Å². The van der Waals surface area contributed by atoms with Gasteiger partial charge in [-0.25, -0.2) is 0 Å². The summed E-state index contributed by atoms with van der Waals surface area (Å²) in [7, 11) is 0. The fourth-order valence-corrected chi connectivity index (χ4v) is 11.7. The number of furan rings is 1. The first-order valence-corrected chi connectivity index (χ1v) is 29.4. The van der Waals surface area contributed by atoms with Crippen molar-refractivity contribution in [3.05, 3.63) is 369 Å². The van der Waals surface area contributed by atoms with Crippen LogP contribution in [0.5, 0.6) is 0 Å². The second-order valence-electron chi connectivity index (χ2n) is 21.5. The Morgan fingerprint density at radius 2 is 1.09 bits per heavy atom. The minimum absolute atomic E-state index is 0.794. The van der Waals surface area contributed by atoms with E-state index in [1.807, 2.05) is 72.9 Å². The Balaban J connectivity index is 0.806. The maximum atomic E-state index is 6.41. The van der Waals surface area contributed by atoms with Crippen molar-refractivity contribution in [1.82, 2.24) is 4.57 Å². The highest BCUT2D eigenvalue weighted by Crippen LogP contribution is 2.42. The smallest absolute Gasteiger partial charge is 0.143 e. The molecule has 1 aliphatic rings. The van der Waals surface area contributed by atoms with Crippen LogP contribution in [0.1, 0.15) is 45.5 Å².